The molecule has 0 bridgehead atoms. The minimum absolute atomic E-state index is 0.207. The molecule has 0 aliphatic heterocycles. The number of nitrogens with one attached hydrogen (secondary N) is 1. The Hall–Kier alpha value is -2.69. The standard InChI is InChI=1S/C15H12FNO3/c1-20-13-7-2-4-10(8-13)14(18)15(19)17-12-6-3-5-11(16)9-12/h2-9H,1H3,(H,17,19). The van der Waals surface area contributed by atoms with Crippen molar-refractivity contribution in [2.45, 2.75) is 0 Å². The second-order valence-corrected chi connectivity index (χ2v) is 4.03. The number of Topliss-reactive ketones (excluding diaryl/α,β-unsaturated/α-hetero) is 1. The highest BCUT2D eigenvalue weighted by Crippen LogP contribution is 2.14. The molecule has 0 radical (unpaired) electrons. The smallest absolute Gasteiger partial charge is 0.296 e. The summed E-state index contributed by atoms with van der Waals surface area (Å²) in [7, 11) is 1.47. The molecule has 1 N–H and O–H groups in total. The van der Waals surface area contributed by atoms with Crippen LogP contribution in [0.4, 0.5) is 10.1 Å². The normalized spacial score (nSPS) is 9.90. The highest BCUT2D eigenvalue weighted by molar-refractivity contribution is 6.46. The summed E-state index contributed by atoms with van der Waals surface area (Å²) in [5, 5.41) is 2.35. The SMILES string of the molecule is COc1cccc(C(=O)C(=O)Nc2cccc(F)c2)c1. The molecule has 20 heavy (non-hydrogen) atoms. The summed E-state index contributed by atoms with van der Waals surface area (Å²) in [6, 6.07) is 11.6. The summed E-state index contributed by atoms with van der Waals surface area (Å²) in [6.07, 6.45) is 0. The Bertz CT molecular complexity index is 655. The average Bonchev–Trinajstić information content (AvgIpc) is 2.46. The van der Waals surface area contributed by atoms with Crippen LogP contribution < -0.4 is 10.1 Å². The minimum Gasteiger partial charge on any atom is -0.497 e. The van der Waals surface area contributed by atoms with E-state index in [-0.39, 0.29) is 11.3 Å². The second-order valence-electron chi connectivity index (χ2n) is 4.03. The predicted molar refractivity (Wildman–Crippen MR) is 72.4 cm³/mol. The summed E-state index contributed by atoms with van der Waals surface area (Å²) in [6.45, 7) is 0. The van der Waals surface area contributed by atoms with Crippen molar-refractivity contribution in [2.24, 2.45) is 0 Å². The van der Waals surface area contributed by atoms with E-state index in [1.54, 1.807) is 12.1 Å². The van der Waals surface area contributed by atoms with Gasteiger partial charge in [0.05, 0.1) is 7.11 Å². The van der Waals surface area contributed by atoms with Crippen molar-refractivity contribution in [3.63, 3.8) is 0 Å². The number of ketones is 1. The Kier molecular flexibility index (Phi) is 4.10. The molecule has 2 aromatic carbocycles. The molecule has 2 rings (SSSR count). The van der Waals surface area contributed by atoms with Gasteiger partial charge in [0, 0.05) is 11.3 Å². The van der Waals surface area contributed by atoms with E-state index in [2.05, 4.69) is 5.32 Å². The van der Waals surface area contributed by atoms with Crippen LogP contribution in [0.15, 0.2) is 48.5 Å². The van der Waals surface area contributed by atoms with Crippen LogP contribution in [0.5, 0.6) is 5.75 Å². The van der Waals surface area contributed by atoms with Gasteiger partial charge in [-0.25, -0.2) is 4.39 Å². The molecule has 4 nitrogen and oxygen atoms in total. The molecule has 0 saturated carbocycles. The van der Waals surface area contributed by atoms with E-state index in [9.17, 15) is 14.0 Å². The van der Waals surface area contributed by atoms with E-state index >= 15 is 0 Å². The number of amides is 1. The van der Waals surface area contributed by atoms with Gasteiger partial charge in [-0.2, -0.15) is 0 Å². The number of benzene rings is 2. The van der Waals surface area contributed by atoms with E-state index in [4.69, 9.17) is 4.74 Å². The number of halogens is 1. The number of ether oxygens (including phenoxy) is 1. The van der Waals surface area contributed by atoms with Crippen molar-refractivity contribution in [1.82, 2.24) is 0 Å². The molecule has 1 amide bonds. The first-order valence-corrected chi connectivity index (χ1v) is 5.85. The maximum atomic E-state index is 13.0. The molecule has 0 saturated heterocycles. The van der Waals surface area contributed by atoms with Crippen LogP contribution >= 0.6 is 0 Å². The van der Waals surface area contributed by atoms with Crippen LogP contribution in [-0.4, -0.2) is 18.8 Å². The van der Waals surface area contributed by atoms with Crippen LogP contribution in [0.1, 0.15) is 10.4 Å². The monoisotopic (exact) mass is 273 g/mol. The Morgan fingerprint density at radius 1 is 1.10 bits per heavy atom. The quantitative estimate of drug-likeness (QED) is 0.688. The first kappa shape index (κ1) is 13.7. The molecule has 0 aliphatic carbocycles. The number of hydrogen-bond acceptors (Lipinski definition) is 3. The molecular formula is C15H12FNO3. The average molecular weight is 273 g/mol. The zero-order chi connectivity index (χ0) is 14.5. The van der Waals surface area contributed by atoms with E-state index in [1.165, 1.54) is 37.4 Å². The van der Waals surface area contributed by atoms with E-state index < -0.39 is 17.5 Å². The van der Waals surface area contributed by atoms with Crippen molar-refractivity contribution in [2.75, 3.05) is 12.4 Å². The molecule has 0 atom stereocenters. The maximum absolute atomic E-state index is 13.0. The van der Waals surface area contributed by atoms with Crippen LogP contribution in [0.2, 0.25) is 0 Å². The fourth-order valence-corrected chi connectivity index (χ4v) is 1.65. The third kappa shape index (κ3) is 3.20. The molecule has 0 spiro atoms. The number of rotatable bonds is 4. The zero-order valence-corrected chi connectivity index (χ0v) is 10.7. The fraction of sp³-hybridized carbons (Fsp3) is 0.0667. The zero-order valence-electron chi connectivity index (χ0n) is 10.7. The summed E-state index contributed by atoms with van der Waals surface area (Å²) >= 11 is 0. The van der Waals surface area contributed by atoms with Crippen LogP contribution in [0.25, 0.3) is 0 Å². The summed E-state index contributed by atoms with van der Waals surface area (Å²) in [5.41, 5.74) is 0.435. The number of anilines is 1. The molecule has 102 valence electrons. The summed E-state index contributed by atoms with van der Waals surface area (Å²) in [5.74, 6) is -1.55. The van der Waals surface area contributed by atoms with Gasteiger partial charge in [0.2, 0.25) is 0 Å². The Morgan fingerprint density at radius 3 is 2.55 bits per heavy atom. The summed E-state index contributed by atoms with van der Waals surface area (Å²) < 4.78 is 18.0. The van der Waals surface area contributed by atoms with Crippen LogP contribution in [0, 0.1) is 5.82 Å². The van der Waals surface area contributed by atoms with Gasteiger partial charge in [-0.15, -0.1) is 0 Å². The maximum Gasteiger partial charge on any atom is 0.296 e. The number of carbonyl (C=O) groups is 2. The molecule has 2 aromatic rings. The fourth-order valence-electron chi connectivity index (χ4n) is 1.65. The van der Waals surface area contributed by atoms with Gasteiger partial charge in [0.1, 0.15) is 11.6 Å². The lowest BCUT2D eigenvalue weighted by Gasteiger charge is -2.05. The molecule has 0 unspecified atom stereocenters. The van der Waals surface area contributed by atoms with Crippen molar-refractivity contribution >= 4 is 17.4 Å². The lowest BCUT2D eigenvalue weighted by atomic mass is 10.1. The largest absolute Gasteiger partial charge is 0.497 e. The van der Waals surface area contributed by atoms with E-state index in [1.807, 2.05) is 0 Å². The topological polar surface area (TPSA) is 55.4 Å². The molecule has 5 heteroatoms. The highest BCUT2D eigenvalue weighted by Gasteiger charge is 2.17. The summed E-state index contributed by atoms with van der Waals surface area (Å²) in [4.78, 5) is 23.7. The van der Waals surface area contributed by atoms with Gasteiger partial charge >= 0.3 is 0 Å². The first-order valence-electron chi connectivity index (χ1n) is 5.85. The second kappa shape index (κ2) is 5.97. The lowest BCUT2D eigenvalue weighted by molar-refractivity contribution is -0.112. The van der Waals surface area contributed by atoms with Gasteiger partial charge in [-0.1, -0.05) is 18.2 Å². The van der Waals surface area contributed by atoms with Gasteiger partial charge in [-0.3, -0.25) is 9.59 Å². The highest BCUT2D eigenvalue weighted by atomic mass is 19.1. The first-order chi connectivity index (χ1) is 9.60. The van der Waals surface area contributed by atoms with Crippen molar-refractivity contribution in [1.29, 1.82) is 0 Å². The Labute approximate surface area is 115 Å². The lowest BCUT2D eigenvalue weighted by Crippen LogP contribution is -2.22. The number of hydrogen-bond donors (Lipinski definition) is 1. The number of carbonyl (C=O) groups excluding carboxylic acids is 2. The Balaban J connectivity index is 2.14. The van der Waals surface area contributed by atoms with Gasteiger partial charge in [0.25, 0.3) is 11.7 Å². The number of methoxy groups -OCH3 is 1. The van der Waals surface area contributed by atoms with Crippen molar-refractivity contribution < 1.29 is 18.7 Å². The third-order valence-corrected chi connectivity index (χ3v) is 2.62. The van der Waals surface area contributed by atoms with Crippen LogP contribution in [0.3, 0.4) is 0 Å². The molecule has 0 fully saturated rings. The van der Waals surface area contributed by atoms with Gasteiger partial charge in [0.15, 0.2) is 0 Å². The van der Waals surface area contributed by atoms with Crippen molar-refractivity contribution in [3.05, 3.63) is 59.9 Å². The molecule has 0 aromatic heterocycles. The van der Waals surface area contributed by atoms with E-state index in [0.717, 1.165) is 6.07 Å². The van der Waals surface area contributed by atoms with Crippen LogP contribution in [-0.2, 0) is 4.79 Å². The van der Waals surface area contributed by atoms with Gasteiger partial charge < -0.3 is 10.1 Å². The Morgan fingerprint density at radius 2 is 1.85 bits per heavy atom. The predicted octanol–water partition coefficient (Wildman–Crippen LogP) is 2.66. The minimum atomic E-state index is -0.830. The van der Waals surface area contributed by atoms with Gasteiger partial charge in [-0.05, 0) is 30.3 Å². The van der Waals surface area contributed by atoms with Crippen molar-refractivity contribution in [3.8, 4) is 5.75 Å². The molecular weight excluding hydrogens is 261 g/mol. The van der Waals surface area contributed by atoms with E-state index in [0.29, 0.717) is 5.75 Å². The molecule has 0 heterocycles. The third-order valence-electron chi connectivity index (χ3n) is 2.62. The molecule has 0 aliphatic rings.